The third-order valence-corrected chi connectivity index (χ3v) is 6.31. The third kappa shape index (κ3) is 8.36. The molecule has 2 amide bonds. The number of unbranched alkanes of at least 4 members (excludes halogenated alkanes) is 1. The van der Waals surface area contributed by atoms with Crippen molar-refractivity contribution in [1.82, 2.24) is 10.2 Å². The predicted octanol–water partition coefficient (Wildman–Crippen LogP) is 5.70. The summed E-state index contributed by atoms with van der Waals surface area (Å²) >= 11 is 13.5. The van der Waals surface area contributed by atoms with Gasteiger partial charge in [0.05, 0.1) is 5.75 Å². The van der Waals surface area contributed by atoms with Crippen LogP contribution in [0.3, 0.4) is 0 Å². The fraction of sp³-hybridized carbons (Fsp3) is 0.391. The zero-order valence-corrected chi connectivity index (χ0v) is 20.0. The Balaban J connectivity index is 2.05. The molecule has 0 saturated carbocycles. The Morgan fingerprint density at radius 2 is 1.87 bits per heavy atom. The van der Waals surface area contributed by atoms with Crippen molar-refractivity contribution in [2.24, 2.45) is 0 Å². The van der Waals surface area contributed by atoms with Crippen molar-refractivity contribution in [3.63, 3.8) is 0 Å². The molecule has 2 aromatic rings. The van der Waals surface area contributed by atoms with Crippen molar-refractivity contribution in [3.05, 3.63) is 69.5 Å². The summed E-state index contributed by atoms with van der Waals surface area (Å²) in [6.07, 6.45) is 1.85. The second kappa shape index (κ2) is 12.9. The van der Waals surface area contributed by atoms with Crippen molar-refractivity contribution in [3.8, 4) is 0 Å². The fourth-order valence-electron chi connectivity index (χ4n) is 2.88. The maximum absolute atomic E-state index is 13.3. The Morgan fingerprint density at radius 1 is 1.16 bits per heavy atom. The third-order valence-electron chi connectivity index (χ3n) is 4.76. The molecular weight excluding hydrogens is 458 g/mol. The molecule has 0 aliphatic carbocycles. The molecule has 1 unspecified atom stereocenters. The van der Waals surface area contributed by atoms with E-state index in [0.29, 0.717) is 22.3 Å². The van der Waals surface area contributed by atoms with E-state index in [1.807, 2.05) is 13.0 Å². The standard InChI is InChI=1S/C23H27Cl2FN2O2S/c1-3-4-11-27-23(30)16(2)28(13-17-5-9-20(26)10-6-17)22(29)15-31-14-18-7-8-19(24)12-21(18)25/h5-10,12,16H,3-4,11,13-15H2,1-2H3,(H,27,30). The van der Waals surface area contributed by atoms with Gasteiger partial charge in [-0.1, -0.05) is 54.7 Å². The summed E-state index contributed by atoms with van der Waals surface area (Å²) in [4.78, 5) is 27.1. The number of carbonyl (C=O) groups is 2. The second-order valence-electron chi connectivity index (χ2n) is 7.20. The zero-order valence-electron chi connectivity index (χ0n) is 17.7. The van der Waals surface area contributed by atoms with Crippen LogP contribution in [-0.2, 0) is 21.9 Å². The van der Waals surface area contributed by atoms with E-state index in [1.54, 1.807) is 31.2 Å². The minimum atomic E-state index is -0.644. The lowest BCUT2D eigenvalue weighted by atomic mass is 10.1. The summed E-state index contributed by atoms with van der Waals surface area (Å²) in [5.74, 6) is 0.0187. The predicted molar refractivity (Wildman–Crippen MR) is 127 cm³/mol. The van der Waals surface area contributed by atoms with Crippen molar-refractivity contribution in [1.29, 1.82) is 0 Å². The molecule has 0 fully saturated rings. The summed E-state index contributed by atoms with van der Waals surface area (Å²) in [6, 6.07) is 10.6. The van der Waals surface area contributed by atoms with Crippen molar-refractivity contribution >= 4 is 46.8 Å². The summed E-state index contributed by atoms with van der Waals surface area (Å²) in [5, 5.41) is 3.99. The normalized spacial score (nSPS) is 11.8. The van der Waals surface area contributed by atoms with Gasteiger partial charge in [-0.3, -0.25) is 9.59 Å². The van der Waals surface area contributed by atoms with Crippen LogP contribution in [0.1, 0.15) is 37.8 Å². The van der Waals surface area contributed by atoms with Gasteiger partial charge in [-0.25, -0.2) is 4.39 Å². The highest BCUT2D eigenvalue weighted by Gasteiger charge is 2.26. The van der Waals surface area contributed by atoms with E-state index in [9.17, 15) is 14.0 Å². The van der Waals surface area contributed by atoms with E-state index in [2.05, 4.69) is 5.32 Å². The molecule has 0 bridgehead atoms. The number of amides is 2. The Bertz CT molecular complexity index is 880. The molecule has 31 heavy (non-hydrogen) atoms. The van der Waals surface area contributed by atoms with Gasteiger partial charge >= 0.3 is 0 Å². The highest BCUT2D eigenvalue weighted by molar-refractivity contribution is 7.99. The number of halogens is 3. The highest BCUT2D eigenvalue weighted by Crippen LogP contribution is 2.25. The minimum Gasteiger partial charge on any atom is -0.354 e. The Labute approximate surface area is 197 Å². The molecule has 168 valence electrons. The smallest absolute Gasteiger partial charge is 0.242 e. The van der Waals surface area contributed by atoms with Crippen LogP contribution in [0.5, 0.6) is 0 Å². The average molecular weight is 485 g/mol. The van der Waals surface area contributed by atoms with Gasteiger partial charge in [0.15, 0.2) is 0 Å². The van der Waals surface area contributed by atoms with E-state index in [-0.39, 0.29) is 29.9 Å². The van der Waals surface area contributed by atoms with Gasteiger partial charge in [-0.2, -0.15) is 0 Å². The summed E-state index contributed by atoms with van der Waals surface area (Å²) in [7, 11) is 0. The van der Waals surface area contributed by atoms with Gasteiger partial charge in [-0.15, -0.1) is 11.8 Å². The number of benzene rings is 2. The molecule has 0 saturated heterocycles. The Morgan fingerprint density at radius 3 is 2.52 bits per heavy atom. The first-order valence-corrected chi connectivity index (χ1v) is 12.1. The summed E-state index contributed by atoms with van der Waals surface area (Å²) < 4.78 is 13.3. The molecular formula is C23H27Cl2FN2O2S. The number of thioether (sulfide) groups is 1. The second-order valence-corrected chi connectivity index (χ2v) is 9.03. The van der Waals surface area contributed by atoms with Crippen LogP contribution >= 0.6 is 35.0 Å². The Kier molecular flexibility index (Phi) is 10.6. The van der Waals surface area contributed by atoms with E-state index in [0.717, 1.165) is 24.0 Å². The molecule has 1 N–H and O–H groups in total. The number of hydrogen-bond donors (Lipinski definition) is 1. The topological polar surface area (TPSA) is 49.4 Å². The molecule has 0 aromatic heterocycles. The molecule has 2 rings (SSSR count). The lowest BCUT2D eigenvalue weighted by Gasteiger charge is -2.29. The molecule has 0 heterocycles. The van der Waals surface area contributed by atoms with E-state index in [4.69, 9.17) is 23.2 Å². The first-order valence-electron chi connectivity index (χ1n) is 10.1. The molecule has 2 aromatic carbocycles. The number of nitrogens with one attached hydrogen (secondary N) is 1. The summed E-state index contributed by atoms with van der Waals surface area (Å²) in [6.45, 7) is 4.55. The van der Waals surface area contributed by atoms with E-state index < -0.39 is 6.04 Å². The van der Waals surface area contributed by atoms with Crippen molar-refractivity contribution < 1.29 is 14.0 Å². The molecule has 0 aliphatic rings. The number of rotatable bonds is 11. The van der Waals surface area contributed by atoms with Gasteiger partial charge in [0.1, 0.15) is 11.9 Å². The molecule has 0 spiro atoms. The highest BCUT2D eigenvalue weighted by atomic mass is 35.5. The van der Waals surface area contributed by atoms with Crippen molar-refractivity contribution in [2.45, 2.75) is 45.0 Å². The first-order chi connectivity index (χ1) is 14.8. The van der Waals surface area contributed by atoms with Crippen LogP contribution in [0.25, 0.3) is 0 Å². The zero-order chi connectivity index (χ0) is 22.8. The largest absolute Gasteiger partial charge is 0.354 e. The van der Waals surface area contributed by atoms with Crippen LogP contribution in [0.4, 0.5) is 4.39 Å². The van der Waals surface area contributed by atoms with E-state index >= 15 is 0 Å². The van der Waals surface area contributed by atoms with Crippen LogP contribution in [0.2, 0.25) is 10.0 Å². The van der Waals surface area contributed by atoms with E-state index in [1.165, 1.54) is 28.8 Å². The number of nitrogens with zero attached hydrogens (tertiary/aromatic N) is 1. The monoisotopic (exact) mass is 484 g/mol. The van der Waals surface area contributed by atoms with Gasteiger partial charge < -0.3 is 10.2 Å². The van der Waals surface area contributed by atoms with Crippen LogP contribution in [0.15, 0.2) is 42.5 Å². The molecule has 4 nitrogen and oxygen atoms in total. The van der Waals surface area contributed by atoms with Gasteiger partial charge in [0.2, 0.25) is 11.8 Å². The van der Waals surface area contributed by atoms with Gasteiger partial charge in [-0.05, 0) is 48.7 Å². The van der Waals surface area contributed by atoms with Crippen LogP contribution in [-0.4, -0.2) is 35.1 Å². The Hall–Kier alpha value is -1.76. The maximum atomic E-state index is 13.3. The summed E-state index contributed by atoms with van der Waals surface area (Å²) in [5.41, 5.74) is 1.65. The van der Waals surface area contributed by atoms with Gasteiger partial charge in [0, 0.05) is 28.9 Å². The fourth-order valence-corrected chi connectivity index (χ4v) is 4.34. The lowest BCUT2D eigenvalue weighted by molar-refractivity contribution is -0.138. The minimum absolute atomic E-state index is 0.169. The van der Waals surface area contributed by atoms with Crippen LogP contribution < -0.4 is 5.32 Å². The SMILES string of the molecule is CCCCNC(=O)C(C)N(Cc1ccc(F)cc1)C(=O)CSCc1ccc(Cl)cc1Cl. The molecule has 0 radical (unpaired) electrons. The molecule has 0 aliphatic heterocycles. The number of hydrogen-bond acceptors (Lipinski definition) is 3. The first kappa shape index (κ1) is 25.5. The molecule has 8 heteroatoms. The average Bonchev–Trinajstić information content (AvgIpc) is 2.74. The van der Waals surface area contributed by atoms with Crippen molar-refractivity contribution in [2.75, 3.05) is 12.3 Å². The lowest BCUT2D eigenvalue weighted by Crippen LogP contribution is -2.48. The molecule has 1 atom stereocenters. The van der Waals surface area contributed by atoms with Crippen LogP contribution in [0, 0.1) is 5.82 Å². The van der Waals surface area contributed by atoms with Gasteiger partial charge in [0.25, 0.3) is 0 Å². The quantitative estimate of drug-likeness (QED) is 0.416. The number of carbonyl (C=O) groups excluding carboxylic acids is 2. The maximum Gasteiger partial charge on any atom is 0.242 e.